The molecule has 84 valence electrons. The molecule has 0 heterocycles. The summed E-state index contributed by atoms with van der Waals surface area (Å²) in [5, 5.41) is 17.7. The van der Waals surface area contributed by atoms with E-state index in [1.54, 1.807) is 6.08 Å². The van der Waals surface area contributed by atoms with Gasteiger partial charge in [-0.2, -0.15) is 0 Å². The van der Waals surface area contributed by atoms with Crippen molar-refractivity contribution in [1.29, 1.82) is 0 Å². The molecule has 1 aliphatic carbocycles. The zero-order valence-electron chi connectivity index (χ0n) is 8.61. The molecule has 2 N–H and O–H groups in total. The van der Waals surface area contributed by atoms with Crippen LogP contribution < -0.4 is 0 Å². The quantitative estimate of drug-likeness (QED) is 0.734. The van der Waals surface area contributed by atoms with Crippen molar-refractivity contribution in [2.24, 2.45) is 5.92 Å². The summed E-state index contributed by atoms with van der Waals surface area (Å²) in [5.41, 5.74) is 0.432. The van der Waals surface area contributed by atoms with Crippen LogP contribution in [0.5, 0.6) is 0 Å². The summed E-state index contributed by atoms with van der Waals surface area (Å²) >= 11 is 0. The molecular formula is C11H16O4. The highest BCUT2D eigenvalue weighted by Crippen LogP contribution is 2.21. The van der Waals surface area contributed by atoms with E-state index in [4.69, 9.17) is 10.2 Å². The third kappa shape index (κ3) is 3.73. The Kier molecular flexibility index (Phi) is 4.34. The molecule has 0 aromatic rings. The third-order valence-corrected chi connectivity index (χ3v) is 2.78. The van der Waals surface area contributed by atoms with E-state index >= 15 is 0 Å². The van der Waals surface area contributed by atoms with Gasteiger partial charge in [0.05, 0.1) is 5.92 Å². The van der Waals surface area contributed by atoms with E-state index < -0.39 is 11.9 Å². The third-order valence-electron chi connectivity index (χ3n) is 2.78. The molecule has 0 saturated carbocycles. The summed E-state index contributed by atoms with van der Waals surface area (Å²) in [6.07, 6.45) is 5.55. The van der Waals surface area contributed by atoms with Crippen LogP contribution in [0.2, 0.25) is 0 Å². The lowest BCUT2D eigenvalue weighted by atomic mass is 9.97. The van der Waals surface area contributed by atoms with Gasteiger partial charge in [0.1, 0.15) is 0 Å². The molecule has 1 unspecified atom stereocenters. The number of carbonyl (C=O) groups is 2. The van der Waals surface area contributed by atoms with Gasteiger partial charge in [-0.1, -0.05) is 12.5 Å². The van der Waals surface area contributed by atoms with Gasteiger partial charge in [-0.3, -0.25) is 4.79 Å². The maximum Gasteiger partial charge on any atom is 0.331 e. The number of hydrogen-bond donors (Lipinski definition) is 2. The van der Waals surface area contributed by atoms with Gasteiger partial charge in [-0.25, -0.2) is 4.79 Å². The number of hydrogen-bond acceptors (Lipinski definition) is 2. The van der Waals surface area contributed by atoms with Gasteiger partial charge in [0, 0.05) is 5.57 Å². The average Bonchev–Trinajstić information content (AvgIpc) is 2.27. The second kappa shape index (κ2) is 5.53. The smallest absolute Gasteiger partial charge is 0.331 e. The molecule has 0 bridgehead atoms. The highest BCUT2D eigenvalue weighted by atomic mass is 16.4. The Labute approximate surface area is 88.6 Å². The van der Waals surface area contributed by atoms with E-state index in [0.717, 1.165) is 12.8 Å². The van der Waals surface area contributed by atoms with Crippen LogP contribution in [0, 0.1) is 5.92 Å². The van der Waals surface area contributed by atoms with E-state index in [9.17, 15) is 9.59 Å². The highest BCUT2D eigenvalue weighted by molar-refractivity contribution is 5.86. The van der Waals surface area contributed by atoms with Gasteiger partial charge < -0.3 is 10.2 Å². The zero-order valence-corrected chi connectivity index (χ0v) is 8.61. The molecule has 15 heavy (non-hydrogen) atoms. The van der Waals surface area contributed by atoms with Gasteiger partial charge in [-0.15, -0.1) is 0 Å². The topological polar surface area (TPSA) is 74.6 Å². The van der Waals surface area contributed by atoms with Crippen LogP contribution in [0.1, 0.15) is 38.5 Å². The molecule has 0 radical (unpaired) electrons. The van der Waals surface area contributed by atoms with Crippen LogP contribution in [-0.4, -0.2) is 22.2 Å². The number of aliphatic carboxylic acids is 2. The van der Waals surface area contributed by atoms with Crippen molar-refractivity contribution >= 4 is 11.9 Å². The van der Waals surface area contributed by atoms with E-state index in [2.05, 4.69) is 0 Å². The molecular weight excluding hydrogens is 196 g/mol. The van der Waals surface area contributed by atoms with Crippen molar-refractivity contribution in [3.63, 3.8) is 0 Å². The molecule has 1 rings (SSSR count). The minimum absolute atomic E-state index is 0.311. The van der Waals surface area contributed by atoms with Gasteiger partial charge in [-0.05, 0) is 32.1 Å². The second-order valence-electron chi connectivity index (χ2n) is 3.89. The Morgan fingerprint density at radius 1 is 1.20 bits per heavy atom. The van der Waals surface area contributed by atoms with E-state index in [1.165, 1.54) is 0 Å². The van der Waals surface area contributed by atoms with Crippen LogP contribution in [-0.2, 0) is 9.59 Å². The SMILES string of the molecule is O=C(O)/C1=C/CCC(C(=O)O)CCCC1. The normalized spacial score (nSPS) is 26.7. The molecule has 0 aliphatic heterocycles. The van der Waals surface area contributed by atoms with Crippen molar-refractivity contribution in [2.75, 3.05) is 0 Å². The Hall–Kier alpha value is -1.32. The number of rotatable bonds is 2. The highest BCUT2D eigenvalue weighted by Gasteiger charge is 2.18. The Bertz CT molecular complexity index is 280. The lowest BCUT2D eigenvalue weighted by Crippen LogP contribution is -2.12. The molecule has 0 aromatic carbocycles. The Balaban J connectivity index is 2.61. The van der Waals surface area contributed by atoms with Crippen molar-refractivity contribution in [3.05, 3.63) is 11.6 Å². The molecule has 4 heteroatoms. The van der Waals surface area contributed by atoms with Crippen molar-refractivity contribution in [1.82, 2.24) is 0 Å². The first-order valence-corrected chi connectivity index (χ1v) is 5.26. The van der Waals surface area contributed by atoms with Gasteiger partial charge in [0.15, 0.2) is 0 Å². The van der Waals surface area contributed by atoms with Crippen molar-refractivity contribution in [3.8, 4) is 0 Å². The average molecular weight is 212 g/mol. The fraction of sp³-hybridized carbons (Fsp3) is 0.636. The molecule has 0 spiro atoms. The fourth-order valence-corrected chi connectivity index (χ4v) is 1.85. The minimum Gasteiger partial charge on any atom is -0.481 e. The predicted molar refractivity (Wildman–Crippen MR) is 54.5 cm³/mol. The van der Waals surface area contributed by atoms with Crippen molar-refractivity contribution < 1.29 is 19.8 Å². The molecule has 1 aliphatic rings. The lowest BCUT2D eigenvalue weighted by molar-refractivity contribution is -0.142. The first-order valence-electron chi connectivity index (χ1n) is 5.26. The summed E-state index contributed by atoms with van der Waals surface area (Å²) in [7, 11) is 0. The monoisotopic (exact) mass is 212 g/mol. The zero-order chi connectivity index (χ0) is 11.3. The van der Waals surface area contributed by atoms with Crippen LogP contribution in [0.4, 0.5) is 0 Å². The largest absolute Gasteiger partial charge is 0.481 e. The van der Waals surface area contributed by atoms with Crippen molar-refractivity contribution in [2.45, 2.75) is 38.5 Å². The maximum absolute atomic E-state index is 10.8. The molecule has 1 atom stereocenters. The first kappa shape index (κ1) is 11.8. The fourth-order valence-electron chi connectivity index (χ4n) is 1.85. The first-order chi connectivity index (χ1) is 7.11. The predicted octanol–water partition coefficient (Wildman–Crippen LogP) is 2.05. The maximum atomic E-state index is 10.8. The number of allylic oxidation sites excluding steroid dienone is 1. The summed E-state index contributed by atoms with van der Waals surface area (Å²) in [4.78, 5) is 21.6. The summed E-state index contributed by atoms with van der Waals surface area (Å²) in [6, 6.07) is 0. The lowest BCUT2D eigenvalue weighted by Gasteiger charge is -2.08. The summed E-state index contributed by atoms with van der Waals surface area (Å²) in [5.74, 6) is -1.94. The molecule has 0 fully saturated rings. The summed E-state index contributed by atoms with van der Waals surface area (Å²) < 4.78 is 0. The minimum atomic E-state index is -0.872. The van der Waals surface area contributed by atoms with E-state index in [1.807, 2.05) is 0 Å². The second-order valence-corrected chi connectivity index (χ2v) is 3.89. The van der Waals surface area contributed by atoms with E-state index in [0.29, 0.717) is 31.3 Å². The molecule has 4 nitrogen and oxygen atoms in total. The number of carboxylic acid groups (broad SMARTS) is 2. The Morgan fingerprint density at radius 2 is 1.93 bits per heavy atom. The molecule has 0 amide bonds. The van der Waals surface area contributed by atoms with Crippen LogP contribution >= 0.6 is 0 Å². The van der Waals surface area contributed by atoms with Crippen LogP contribution in [0.15, 0.2) is 11.6 Å². The van der Waals surface area contributed by atoms with Gasteiger partial charge in [0.25, 0.3) is 0 Å². The van der Waals surface area contributed by atoms with Gasteiger partial charge in [0.2, 0.25) is 0 Å². The molecule has 0 aromatic heterocycles. The van der Waals surface area contributed by atoms with Crippen LogP contribution in [0.3, 0.4) is 0 Å². The standard InChI is InChI=1S/C11H16O4/c12-10(13)8-4-1-2-5-9(11(14)15)7-3-6-8/h6,9H,1-5,7H2,(H,12,13)(H,14,15)/b8-6+. The van der Waals surface area contributed by atoms with Crippen LogP contribution in [0.25, 0.3) is 0 Å². The molecule has 0 saturated heterocycles. The Morgan fingerprint density at radius 3 is 2.53 bits per heavy atom. The number of carboxylic acids is 2. The van der Waals surface area contributed by atoms with E-state index in [-0.39, 0.29) is 5.92 Å². The van der Waals surface area contributed by atoms with Gasteiger partial charge >= 0.3 is 11.9 Å². The summed E-state index contributed by atoms with van der Waals surface area (Å²) in [6.45, 7) is 0.